The predicted molar refractivity (Wildman–Crippen MR) is 114 cm³/mol. The lowest BCUT2D eigenvalue weighted by atomic mass is 9.75. The van der Waals surface area contributed by atoms with Crippen LogP contribution in [0.25, 0.3) is 10.9 Å². The van der Waals surface area contributed by atoms with E-state index in [2.05, 4.69) is 14.8 Å². The molecule has 3 aromatic rings. The quantitative estimate of drug-likeness (QED) is 0.649. The smallest absolute Gasteiger partial charge is 0.256 e. The Morgan fingerprint density at radius 1 is 0.967 bits per heavy atom. The highest BCUT2D eigenvalue weighted by molar-refractivity contribution is 6.05. The van der Waals surface area contributed by atoms with Crippen LogP contribution in [0.3, 0.4) is 0 Å². The molecule has 0 N–H and O–H groups in total. The number of piperidine rings is 3. The number of hydrogen-bond acceptors (Lipinski definition) is 3. The number of nitrogens with zero attached hydrogens (tertiary/aromatic N) is 3. The number of pyridine rings is 1. The van der Waals surface area contributed by atoms with E-state index in [4.69, 9.17) is 0 Å². The van der Waals surface area contributed by atoms with Crippen molar-refractivity contribution in [1.82, 2.24) is 14.8 Å². The van der Waals surface area contributed by atoms with Gasteiger partial charge in [0, 0.05) is 30.1 Å². The van der Waals surface area contributed by atoms with Crippen molar-refractivity contribution >= 4 is 16.8 Å². The van der Waals surface area contributed by atoms with E-state index >= 15 is 0 Å². The zero-order chi connectivity index (χ0) is 20.2. The fourth-order valence-corrected chi connectivity index (χ4v) is 6.09. The van der Waals surface area contributed by atoms with Crippen molar-refractivity contribution in [2.24, 2.45) is 5.92 Å². The number of benzene rings is 2. The Morgan fingerprint density at radius 2 is 1.73 bits per heavy atom. The average molecular weight is 401 g/mol. The number of carbonyl (C=O) groups is 1. The van der Waals surface area contributed by atoms with Gasteiger partial charge in [-0.15, -0.1) is 0 Å². The van der Waals surface area contributed by atoms with E-state index in [0.717, 1.165) is 42.4 Å². The molecule has 5 heterocycles. The number of rotatable bonds is 2. The number of aromatic nitrogens is 1. The number of para-hydroxylation sites is 1. The normalized spacial score (nSPS) is 29.9. The lowest BCUT2D eigenvalue weighted by molar-refractivity contribution is -0.00335. The summed E-state index contributed by atoms with van der Waals surface area (Å²) in [4.78, 5) is 23.0. The Labute approximate surface area is 175 Å². The van der Waals surface area contributed by atoms with Gasteiger partial charge in [0.2, 0.25) is 0 Å². The Balaban J connectivity index is 1.42. The van der Waals surface area contributed by atoms with Crippen molar-refractivity contribution in [2.45, 2.75) is 30.8 Å². The maximum absolute atomic E-state index is 13.8. The molecule has 1 amide bonds. The van der Waals surface area contributed by atoms with Crippen LogP contribution in [0.4, 0.5) is 4.39 Å². The van der Waals surface area contributed by atoms with Crippen molar-refractivity contribution in [2.75, 3.05) is 19.6 Å². The standard InChI is InChI=1S/C25H24FN3O/c26-19-8-6-16(7-9-19)21-15-29(23-18-10-13-28(14-11-18)24(21)23)25(30)20-5-1-3-17-4-2-12-27-22(17)20/h1-9,12,18,21,23-24H,10-11,13-15H2/t21-,23+,24+/m1/s1. The molecule has 0 unspecified atom stereocenters. The second-order valence-electron chi connectivity index (χ2n) is 8.85. The highest BCUT2D eigenvalue weighted by Gasteiger charge is 2.54. The number of hydrogen-bond donors (Lipinski definition) is 0. The first-order valence-corrected chi connectivity index (χ1v) is 10.8. The number of carbonyl (C=O) groups excluding carboxylic acids is 1. The van der Waals surface area contributed by atoms with Gasteiger partial charge in [-0.05, 0) is 61.7 Å². The van der Waals surface area contributed by atoms with E-state index in [9.17, 15) is 9.18 Å². The van der Waals surface area contributed by atoms with E-state index in [1.165, 1.54) is 0 Å². The van der Waals surface area contributed by atoms with Crippen LogP contribution < -0.4 is 0 Å². The third kappa shape index (κ3) is 2.68. The fraction of sp³-hybridized carbons (Fsp3) is 0.360. The van der Waals surface area contributed by atoms with E-state index in [1.807, 2.05) is 42.5 Å². The summed E-state index contributed by atoms with van der Waals surface area (Å²) in [5.74, 6) is 0.615. The van der Waals surface area contributed by atoms with Gasteiger partial charge in [-0.25, -0.2) is 4.39 Å². The van der Waals surface area contributed by atoms with Gasteiger partial charge in [-0.3, -0.25) is 14.7 Å². The van der Waals surface area contributed by atoms with Crippen molar-refractivity contribution < 1.29 is 9.18 Å². The topological polar surface area (TPSA) is 36.4 Å². The largest absolute Gasteiger partial charge is 0.333 e. The molecular formula is C25H24FN3O. The van der Waals surface area contributed by atoms with Crippen LogP contribution in [0, 0.1) is 11.7 Å². The third-order valence-corrected chi connectivity index (χ3v) is 7.42. The zero-order valence-electron chi connectivity index (χ0n) is 16.7. The molecule has 4 nitrogen and oxygen atoms in total. The molecule has 4 saturated heterocycles. The first-order chi connectivity index (χ1) is 14.7. The first-order valence-electron chi connectivity index (χ1n) is 10.8. The van der Waals surface area contributed by atoms with Gasteiger partial charge in [0.1, 0.15) is 5.82 Å². The molecule has 0 aliphatic carbocycles. The number of likely N-dealkylation sites (tertiary alicyclic amines) is 1. The monoisotopic (exact) mass is 401 g/mol. The summed E-state index contributed by atoms with van der Waals surface area (Å²) < 4.78 is 13.5. The maximum atomic E-state index is 13.8. The number of fused-ring (bicyclic) bond motifs is 3. The van der Waals surface area contributed by atoms with Crippen LogP contribution in [0.15, 0.2) is 60.8 Å². The van der Waals surface area contributed by atoms with Crippen LogP contribution in [-0.2, 0) is 0 Å². The summed E-state index contributed by atoms with van der Waals surface area (Å²) in [7, 11) is 0. The van der Waals surface area contributed by atoms with E-state index in [1.54, 1.807) is 18.3 Å². The highest BCUT2D eigenvalue weighted by Crippen LogP contribution is 2.47. The SMILES string of the molecule is O=C(c1cccc2cccnc12)N1C[C@H](c2ccc(F)cc2)[C@H]2[C@@H]1C1CCN2CC1. The van der Waals surface area contributed by atoms with Crippen LogP contribution in [0.2, 0.25) is 0 Å². The molecule has 4 aliphatic rings. The Morgan fingerprint density at radius 3 is 2.53 bits per heavy atom. The molecule has 2 aromatic carbocycles. The molecule has 152 valence electrons. The lowest BCUT2D eigenvalue weighted by Gasteiger charge is -2.51. The minimum atomic E-state index is -0.214. The summed E-state index contributed by atoms with van der Waals surface area (Å²) in [5, 5.41) is 0.989. The minimum Gasteiger partial charge on any atom is -0.333 e. The molecule has 7 rings (SSSR count). The third-order valence-electron chi connectivity index (χ3n) is 7.42. The molecule has 30 heavy (non-hydrogen) atoms. The maximum Gasteiger partial charge on any atom is 0.256 e. The van der Waals surface area contributed by atoms with E-state index in [0.29, 0.717) is 24.1 Å². The van der Waals surface area contributed by atoms with Crippen LogP contribution in [0.1, 0.15) is 34.7 Å². The van der Waals surface area contributed by atoms with Gasteiger partial charge >= 0.3 is 0 Å². The molecule has 3 atom stereocenters. The van der Waals surface area contributed by atoms with Gasteiger partial charge in [0.25, 0.3) is 5.91 Å². The zero-order valence-corrected chi connectivity index (χ0v) is 16.7. The molecular weight excluding hydrogens is 377 g/mol. The van der Waals surface area contributed by atoms with E-state index in [-0.39, 0.29) is 23.7 Å². The van der Waals surface area contributed by atoms with E-state index < -0.39 is 0 Å². The summed E-state index contributed by atoms with van der Waals surface area (Å²) in [5.41, 5.74) is 2.58. The highest BCUT2D eigenvalue weighted by atomic mass is 19.1. The lowest BCUT2D eigenvalue weighted by Crippen LogP contribution is -2.60. The van der Waals surface area contributed by atoms with Gasteiger partial charge in [-0.2, -0.15) is 0 Å². The van der Waals surface area contributed by atoms with Crippen LogP contribution in [-0.4, -0.2) is 52.4 Å². The van der Waals surface area contributed by atoms with Gasteiger partial charge in [0.15, 0.2) is 0 Å². The van der Waals surface area contributed by atoms with Crippen molar-refractivity contribution in [1.29, 1.82) is 0 Å². The van der Waals surface area contributed by atoms with Gasteiger partial charge in [0.05, 0.1) is 17.1 Å². The molecule has 5 heteroatoms. The second kappa shape index (κ2) is 6.88. The summed E-state index contributed by atoms with van der Waals surface area (Å²) in [6.07, 6.45) is 4.05. The molecule has 0 saturated carbocycles. The number of halogens is 1. The van der Waals surface area contributed by atoms with Gasteiger partial charge in [-0.1, -0.05) is 30.3 Å². The average Bonchev–Trinajstić information content (AvgIpc) is 3.22. The fourth-order valence-electron chi connectivity index (χ4n) is 6.09. The Bertz CT molecular complexity index is 1100. The Kier molecular flexibility index (Phi) is 4.13. The van der Waals surface area contributed by atoms with Crippen molar-refractivity contribution in [3.05, 3.63) is 77.7 Å². The van der Waals surface area contributed by atoms with Crippen molar-refractivity contribution in [3.63, 3.8) is 0 Å². The van der Waals surface area contributed by atoms with Crippen LogP contribution in [0.5, 0.6) is 0 Å². The minimum absolute atomic E-state index is 0.0765. The predicted octanol–water partition coefficient (Wildman–Crippen LogP) is 4.08. The molecule has 4 fully saturated rings. The summed E-state index contributed by atoms with van der Waals surface area (Å²) in [6.45, 7) is 2.87. The Hall–Kier alpha value is -2.79. The molecule has 1 aromatic heterocycles. The summed E-state index contributed by atoms with van der Waals surface area (Å²) in [6, 6.07) is 17.2. The van der Waals surface area contributed by atoms with Crippen LogP contribution >= 0.6 is 0 Å². The first kappa shape index (κ1) is 18.0. The number of amides is 1. The molecule has 2 bridgehead atoms. The van der Waals surface area contributed by atoms with Crippen molar-refractivity contribution in [3.8, 4) is 0 Å². The molecule has 4 aliphatic heterocycles. The second-order valence-corrected chi connectivity index (χ2v) is 8.85. The molecule has 0 radical (unpaired) electrons. The van der Waals surface area contributed by atoms with Gasteiger partial charge < -0.3 is 4.90 Å². The molecule has 0 spiro atoms. The summed E-state index contributed by atoms with van der Waals surface area (Å²) >= 11 is 0.